The van der Waals surface area contributed by atoms with Crippen molar-refractivity contribution < 1.29 is 0 Å². The molecule has 82 valence electrons. The summed E-state index contributed by atoms with van der Waals surface area (Å²) in [5.41, 5.74) is 0. The van der Waals surface area contributed by atoms with Crippen molar-refractivity contribution in [3.05, 3.63) is 18.2 Å². The molecule has 4 nitrogen and oxygen atoms in total. The van der Waals surface area contributed by atoms with E-state index in [9.17, 15) is 0 Å². The number of aromatic nitrogens is 2. The van der Waals surface area contributed by atoms with Gasteiger partial charge in [0.15, 0.2) is 0 Å². The van der Waals surface area contributed by atoms with Gasteiger partial charge in [-0.25, -0.2) is 4.98 Å². The summed E-state index contributed by atoms with van der Waals surface area (Å²) in [4.78, 5) is 6.48. The van der Waals surface area contributed by atoms with Crippen molar-refractivity contribution in [1.82, 2.24) is 19.8 Å². The van der Waals surface area contributed by atoms with Crippen molar-refractivity contribution in [2.45, 2.75) is 6.54 Å². The number of hydrogen-bond acceptors (Lipinski definition) is 3. The standard InChI is InChI=1S/C11H18N4/c1-4-5-12-6-8-14(2)10-11-13-7-9-15(11)3/h1,7,9,12H,5-6,8,10H2,2-3H3. The average molecular weight is 206 g/mol. The molecule has 0 aliphatic heterocycles. The van der Waals surface area contributed by atoms with Crippen molar-refractivity contribution >= 4 is 0 Å². The Bertz CT molecular complexity index is 324. The van der Waals surface area contributed by atoms with Gasteiger partial charge in [-0.15, -0.1) is 6.42 Å². The number of nitrogens with one attached hydrogen (secondary N) is 1. The molecule has 1 aromatic heterocycles. The van der Waals surface area contributed by atoms with E-state index in [1.54, 1.807) is 0 Å². The molecule has 0 unspecified atom stereocenters. The first kappa shape index (κ1) is 11.8. The van der Waals surface area contributed by atoms with Crippen LogP contribution in [0.1, 0.15) is 5.82 Å². The van der Waals surface area contributed by atoms with Crippen LogP contribution in [0.5, 0.6) is 0 Å². The predicted octanol–water partition coefficient (Wildman–Crippen LogP) is 0.0747. The Balaban J connectivity index is 2.22. The third-order valence-corrected chi connectivity index (χ3v) is 2.23. The summed E-state index contributed by atoms with van der Waals surface area (Å²) in [6.45, 7) is 3.37. The van der Waals surface area contributed by atoms with Crippen LogP contribution in [0.15, 0.2) is 12.4 Å². The molecule has 15 heavy (non-hydrogen) atoms. The first-order valence-electron chi connectivity index (χ1n) is 5.03. The van der Waals surface area contributed by atoms with Gasteiger partial charge in [0.2, 0.25) is 0 Å². The second kappa shape index (κ2) is 6.23. The lowest BCUT2D eigenvalue weighted by Gasteiger charge is -2.16. The fourth-order valence-electron chi connectivity index (χ4n) is 1.30. The van der Waals surface area contributed by atoms with E-state index in [1.165, 1.54) is 0 Å². The summed E-state index contributed by atoms with van der Waals surface area (Å²) in [6.07, 6.45) is 8.91. The summed E-state index contributed by atoms with van der Waals surface area (Å²) < 4.78 is 2.03. The van der Waals surface area contributed by atoms with Gasteiger partial charge in [-0.3, -0.25) is 4.90 Å². The lowest BCUT2D eigenvalue weighted by atomic mass is 10.4. The third kappa shape index (κ3) is 4.15. The Hall–Kier alpha value is -1.31. The SMILES string of the molecule is C#CCNCCN(C)Cc1nccn1C. The van der Waals surface area contributed by atoms with E-state index >= 15 is 0 Å². The normalized spacial score (nSPS) is 10.5. The zero-order chi connectivity index (χ0) is 11.1. The van der Waals surface area contributed by atoms with E-state index < -0.39 is 0 Å². The van der Waals surface area contributed by atoms with Gasteiger partial charge < -0.3 is 9.88 Å². The molecule has 0 spiro atoms. The highest BCUT2D eigenvalue weighted by atomic mass is 15.2. The summed E-state index contributed by atoms with van der Waals surface area (Å²) in [5, 5.41) is 3.16. The van der Waals surface area contributed by atoms with Crippen molar-refractivity contribution in [2.75, 3.05) is 26.7 Å². The van der Waals surface area contributed by atoms with Crippen LogP contribution in [0.3, 0.4) is 0 Å². The monoisotopic (exact) mass is 206 g/mol. The van der Waals surface area contributed by atoms with Crippen LogP contribution in [0.25, 0.3) is 0 Å². The largest absolute Gasteiger partial charge is 0.337 e. The van der Waals surface area contributed by atoms with Crippen LogP contribution in [0, 0.1) is 12.3 Å². The van der Waals surface area contributed by atoms with Gasteiger partial charge in [0.25, 0.3) is 0 Å². The van der Waals surface area contributed by atoms with Gasteiger partial charge in [0.1, 0.15) is 5.82 Å². The lowest BCUT2D eigenvalue weighted by Crippen LogP contribution is -2.29. The Labute approximate surface area is 91.3 Å². The molecule has 0 aliphatic rings. The molecule has 1 heterocycles. The minimum atomic E-state index is 0.635. The summed E-state index contributed by atoms with van der Waals surface area (Å²) >= 11 is 0. The lowest BCUT2D eigenvalue weighted by molar-refractivity contribution is 0.315. The molecule has 1 aromatic rings. The van der Waals surface area contributed by atoms with Gasteiger partial charge in [-0.05, 0) is 7.05 Å². The van der Waals surface area contributed by atoms with Crippen LogP contribution in [-0.2, 0) is 13.6 Å². The molecule has 1 N–H and O–H groups in total. The Morgan fingerprint density at radius 1 is 1.67 bits per heavy atom. The van der Waals surface area contributed by atoms with Crippen molar-refractivity contribution in [3.63, 3.8) is 0 Å². The van der Waals surface area contributed by atoms with Crippen LogP contribution in [0.4, 0.5) is 0 Å². The number of nitrogens with zero attached hydrogens (tertiary/aromatic N) is 3. The highest BCUT2D eigenvalue weighted by Gasteiger charge is 2.03. The highest BCUT2D eigenvalue weighted by molar-refractivity contribution is 4.90. The molecule has 0 aliphatic carbocycles. The van der Waals surface area contributed by atoms with Gasteiger partial charge in [-0.2, -0.15) is 0 Å². The van der Waals surface area contributed by atoms with Crippen LogP contribution in [0.2, 0.25) is 0 Å². The molecule has 0 aromatic carbocycles. The maximum absolute atomic E-state index is 5.14. The van der Waals surface area contributed by atoms with Crippen molar-refractivity contribution in [2.24, 2.45) is 7.05 Å². The molecule has 0 atom stereocenters. The van der Waals surface area contributed by atoms with E-state index in [2.05, 4.69) is 28.2 Å². The molecule has 0 saturated heterocycles. The van der Waals surface area contributed by atoms with Gasteiger partial charge in [0, 0.05) is 32.5 Å². The smallest absolute Gasteiger partial charge is 0.122 e. The molecule has 0 amide bonds. The molecular weight excluding hydrogens is 188 g/mol. The number of imidazole rings is 1. The molecular formula is C11H18N4. The zero-order valence-corrected chi connectivity index (χ0v) is 9.40. The number of rotatable bonds is 6. The Morgan fingerprint density at radius 2 is 2.47 bits per heavy atom. The Morgan fingerprint density at radius 3 is 3.07 bits per heavy atom. The van der Waals surface area contributed by atoms with Crippen LogP contribution in [-0.4, -0.2) is 41.1 Å². The molecule has 1 rings (SSSR count). The summed E-state index contributed by atoms with van der Waals surface area (Å²) in [5.74, 6) is 3.63. The highest BCUT2D eigenvalue weighted by Crippen LogP contribution is 1.98. The fraction of sp³-hybridized carbons (Fsp3) is 0.545. The molecule has 0 fully saturated rings. The van der Waals surface area contributed by atoms with Gasteiger partial charge in [-0.1, -0.05) is 5.92 Å². The summed E-state index contributed by atoms with van der Waals surface area (Å²) in [6, 6.07) is 0. The quantitative estimate of drug-likeness (QED) is 0.528. The van der Waals surface area contributed by atoms with E-state index in [0.717, 1.165) is 25.5 Å². The number of terminal acetylenes is 1. The topological polar surface area (TPSA) is 33.1 Å². The minimum absolute atomic E-state index is 0.635. The third-order valence-electron chi connectivity index (χ3n) is 2.23. The fourth-order valence-corrected chi connectivity index (χ4v) is 1.30. The molecule has 0 radical (unpaired) electrons. The minimum Gasteiger partial charge on any atom is -0.337 e. The molecule has 0 saturated carbocycles. The van der Waals surface area contributed by atoms with Crippen LogP contribution < -0.4 is 5.32 Å². The number of aryl methyl sites for hydroxylation is 1. The number of hydrogen-bond donors (Lipinski definition) is 1. The second-order valence-electron chi connectivity index (χ2n) is 3.57. The molecule has 0 bridgehead atoms. The zero-order valence-electron chi connectivity index (χ0n) is 9.40. The van der Waals surface area contributed by atoms with Gasteiger partial charge in [0.05, 0.1) is 13.1 Å². The van der Waals surface area contributed by atoms with Crippen molar-refractivity contribution in [1.29, 1.82) is 0 Å². The predicted molar refractivity (Wildman–Crippen MR) is 61.2 cm³/mol. The van der Waals surface area contributed by atoms with E-state index in [1.807, 2.05) is 24.0 Å². The number of likely N-dealkylation sites (N-methyl/N-ethyl adjacent to an activating group) is 1. The first-order valence-corrected chi connectivity index (χ1v) is 5.03. The first-order chi connectivity index (χ1) is 7.24. The van der Waals surface area contributed by atoms with E-state index in [-0.39, 0.29) is 0 Å². The van der Waals surface area contributed by atoms with Crippen molar-refractivity contribution in [3.8, 4) is 12.3 Å². The molecule has 4 heteroatoms. The maximum Gasteiger partial charge on any atom is 0.122 e. The Kier molecular flexibility index (Phi) is 4.88. The van der Waals surface area contributed by atoms with Crippen LogP contribution >= 0.6 is 0 Å². The van der Waals surface area contributed by atoms with E-state index in [0.29, 0.717) is 6.54 Å². The average Bonchev–Trinajstić information content (AvgIpc) is 2.59. The van der Waals surface area contributed by atoms with Gasteiger partial charge >= 0.3 is 0 Å². The summed E-state index contributed by atoms with van der Waals surface area (Å²) in [7, 11) is 4.08. The maximum atomic E-state index is 5.14. The second-order valence-corrected chi connectivity index (χ2v) is 3.57. The van der Waals surface area contributed by atoms with E-state index in [4.69, 9.17) is 6.42 Å².